The summed E-state index contributed by atoms with van der Waals surface area (Å²) < 4.78 is -3.79. The molecule has 4 bridgehead atoms. The molecular formula is C20H7Cl12N. The SMILES string of the molecule is Nc1ccc2c(c1)C1C(C3=C2C2(Cl)C(Cl)=C(Cl)C3(Cl)C2(Cl)Cl)C2(Cl)C(Cl)=C(Cl)C1(Cl)C2(Cl)Cl. The third-order valence-electron chi connectivity index (χ3n) is 7.57. The van der Waals surface area contributed by atoms with E-state index in [-0.39, 0.29) is 20.1 Å². The molecule has 13 heteroatoms. The molecule has 0 amide bonds. The quantitative estimate of drug-likeness (QED) is 0.214. The van der Waals surface area contributed by atoms with Crippen LogP contribution in [0.2, 0.25) is 0 Å². The van der Waals surface area contributed by atoms with E-state index in [9.17, 15) is 0 Å². The second-order valence-electron chi connectivity index (χ2n) is 8.74. The number of nitrogen functional groups attached to an aromatic ring is 1. The average molecular weight is 687 g/mol. The molecule has 176 valence electrons. The fourth-order valence-electron chi connectivity index (χ4n) is 6.24. The second kappa shape index (κ2) is 6.64. The molecule has 6 rings (SSSR count). The number of allylic oxidation sites excluding steroid dienone is 6. The molecule has 6 unspecified atom stereocenters. The molecule has 1 saturated carbocycles. The van der Waals surface area contributed by atoms with Crippen molar-refractivity contribution in [1.82, 2.24) is 0 Å². The van der Waals surface area contributed by atoms with Crippen LogP contribution < -0.4 is 5.73 Å². The van der Waals surface area contributed by atoms with E-state index in [0.717, 1.165) is 0 Å². The van der Waals surface area contributed by atoms with Gasteiger partial charge in [0.25, 0.3) is 0 Å². The van der Waals surface area contributed by atoms with Crippen molar-refractivity contribution in [3.63, 3.8) is 0 Å². The molecule has 0 radical (unpaired) electrons. The van der Waals surface area contributed by atoms with Gasteiger partial charge in [0.15, 0.2) is 8.67 Å². The Bertz CT molecular complexity index is 1310. The Balaban J connectivity index is 1.83. The molecule has 1 fully saturated rings. The van der Waals surface area contributed by atoms with E-state index in [1.807, 2.05) is 0 Å². The van der Waals surface area contributed by atoms with E-state index in [0.29, 0.717) is 28.0 Å². The number of hydrogen-bond donors (Lipinski definition) is 1. The molecule has 6 atom stereocenters. The van der Waals surface area contributed by atoms with Gasteiger partial charge < -0.3 is 5.73 Å². The van der Waals surface area contributed by atoms with Crippen LogP contribution in [0, 0.1) is 5.92 Å². The largest absolute Gasteiger partial charge is 0.399 e. The smallest absolute Gasteiger partial charge is 0.174 e. The van der Waals surface area contributed by atoms with Gasteiger partial charge in [0.1, 0.15) is 19.5 Å². The molecule has 0 spiro atoms. The summed E-state index contributed by atoms with van der Waals surface area (Å²) >= 11 is 83.0. The third-order valence-corrected chi connectivity index (χ3v) is 15.9. The van der Waals surface area contributed by atoms with Crippen LogP contribution in [-0.2, 0) is 0 Å². The van der Waals surface area contributed by atoms with Crippen LogP contribution in [0.4, 0.5) is 5.69 Å². The molecule has 1 nitrogen and oxygen atoms in total. The Morgan fingerprint density at radius 2 is 1.15 bits per heavy atom. The molecule has 0 aliphatic heterocycles. The minimum absolute atomic E-state index is 0.000792. The Morgan fingerprint density at radius 1 is 0.636 bits per heavy atom. The van der Waals surface area contributed by atoms with Crippen LogP contribution in [0.25, 0.3) is 5.57 Å². The number of alkyl halides is 8. The maximum absolute atomic E-state index is 7.22. The zero-order valence-electron chi connectivity index (χ0n) is 15.5. The van der Waals surface area contributed by atoms with E-state index in [1.165, 1.54) is 0 Å². The van der Waals surface area contributed by atoms with E-state index >= 15 is 0 Å². The van der Waals surface area contributed by atoms with E-state index < -0.39 is 40.0 Å². The standard InChI is InChI=1S/C20H7Cl12N/c21-11-13(23)17(27)9-7(15(11,25)19(17,29)30)5-2-1-4(33)3-6(5)8-10(9)18(28)14(24)12(22)16(8,26)20(18,31)32/h1-3,8,10H,33H2. The second-order valence-corrected chi connectivity index (χ2v) is 15.2. The maximum atomic E-state index is 7.22. The lowest BCUT2D eigenvalue weighted by atomic mass is 9.64. The number of anilines is 1. The Kier molecular flexibility index (Phi) is 5.04. The van der Waals surface area contributed by atoms with Crippen LogP contribution in [0.15, 0.2) is 43.9 Å². The summed E-state index contributed by atoms with van der Waals surface area (Å²) in [5.74, 6) is -1.60. The minimum Gasteiger partial charge on any atom is -0.399 e. The first-order chi connectivity index (χ1) is 15.0. The van der Waals surface area contributed by atoms with Gasteiger partial charge in [0.05, 0.1) is 20.1 Å². The van der Waals surface area contributed by atoms with Gasteiger partial charge in [0, 0.05) is 17.5 Å². The zero-order valence-corrected chi connectivity index (χ0v) is 24.6. The van der Waals surface area contributed by atoms with E-state index in [2.05, 4.69) is 0 Å². The lowest BCUT2D eigenvalue weighted by molar-refractivity contribution is 0.444. The summed E-state index contributed by atoms with van der Waals surface area (Å²) in [5.41, 5.74) is 8.65. The number of benzene rings is 1. The van der Waals surface area contributed by atoms with Crippen molar-refractivity contribution < 1.29 is 0 Å². The topological polar surface area (TPSA) is 26.0 Å². The van der Waals surface area contributed by atoms with Gasteiger partial charge in [-0.05, 0) is 34.4 Å². The lowest BCUT2D eigenvalue weighted by Crippen LogP contribution is -2.49. The van der Waals surface area contributed by atoms with Crippen molar-refractivity contribution in [2.45, 2.75) is 34.1 Å². The van der Waals surface area contributed by atoms with Gasteiger partial charge in [-0.1, -0.05) is 98.9 Å². The van der Waals surface area contributed by atoms with Crippen molar-refractivity contribution in [3.05, 3.63) is 55.0 Å². The molecule has 33 heavy (non-hydrogen) atoms. The molecule has 5 aliphatic carbocycles. The summed E-state index contributed by atoms with van der Waals surface area (Å²) in [6.45, 7) is 0. The Morgan fingerprint density at radius 3 is 1.73 bits per heavy atom. The highest BCUT2D eigenvalue weighted by molar-refractivity contribution is 6.70. The highest BCUT2D eigenvalue weighted by atomic mass is 35.5. The number of nitrogens with two attached hydrogens (primary N) is 1. The fraction of sp³-hybridized carbons (Fsp3) is 0.400. The summed E-state index contributed by atoms with van der Waals surface area (Å²) in [7, 11) is 0. The first kappa shape index (κ1) is 25.0. The summed E-state index contributed by atoms with van der Waals surface area (Å²) in [5, 5.41) is -0.0193. The summed E-state index contributed by atoms with van der Waals surface area (Å²) in [6.07, 6.45) is 0. The first-order valence-electron chi connectivity index (χ1n) is 9.28. The van der Waals surface area contributed by atoms with Crippen LogP contribution in [0.1, 0.15) is 17.0 Å². The molecule has 2 N–H and O–H groups in total. The van der Waals surface area contributed by atoms with Crippen molar-refractivity contribution in [2.75, 3.05) is 5.73 Å². The fourth-order valence-corrected chi connectivity index (χ4v) is 12.0. The Hall–Kier alpha value is 1.72. The number of halogens is 12. The van der Waals surface area contributed by atoms with Crippen LogP contribution in [-0.4, -0.2) is 28.2 Å². The zero-order chi connectivity index (χ0) is 24.5. The third kappa shape index (κ3) is 2.11. The van der Waals surface area contributed by atoms with Crippen LogP contribution >= 0.6 is 139 Å². The highest BCUT2D eigenvalue weighted by Gasteiger charge is 2.88. The van der Waals surface area contributed by atoms with Gasteiger partial charge in [0.2, 0.25) is 0 Å². The van der Waals surface area contributed by atoms with E-state index in [1.54, 1.807) is 18.2 Å². The molecule has 0 saturated heterocycles. The van der Waals surface area contributed by atoms with Crippen LogP contribution in [0.3, 0.4) is 0 Å². The molecule has 0 heterocycles. The summed E-state index contributed by atoms with van der Waals surface area (Å²) in [4.78, 5) is -6.85. The van der Waals surface area contributed by atoms with Crippen molar-refractivity contribution in [1.29, 1.82) is 0 Å². The predicted molar refractivity (Wildman–Crippen MR) is 145 cm³/mol. The number of fused-ring (bicyclic) bond motifs is 13. The number of hydrogen-bond acceptors (Lipinski definition) is 1. The van der Waals surface area contributed by atoms with Crippen molar-refractivity contribution >= 4 is 150 Å². The molecule has 5 aliphatic rings. The Labute approximate surface area is 248 Å². The molecular weight excluding hydrogens is 680 g/mol. The van der Waals surface area contributed by atoms with Crippen LogP contribution in [0.5, 0.6) is 0 Å². The van der Waals surface area contributed by atoms with E-state index in [4.69, 9.17) is 145 Å². The predicted octanol–water partition coefficient (Wildman–Crippen LogP) is 9.43. The van der Waals surface area contributed by atoms with Gasteiger partial charge in [-0.2, -0.15) is 0 Å². The van der Waals surface area contributed by atoms with Gasteiger partial charge >= 0.3 is 0 Å². The molecule has 0 aromatic heterocycles. The minimum atomic E-state index is -1.91. The van der Waals surface area contributed by atoms with Gasteiger partial charge in [-0.3, -0.25) is 0 Å². The van der Waals surface area contributed by atoms with Crippen molar-refractivity contribution in [2.24, 2.45) is 5.92 Å². The summed E-state index contributed by atoms with van der Waals surface area (Å²) in [6, 6.07) is 5.16. The first-order valence-corrected chi connectivity index (χ1v) is 13.8. The monoisotopic (exact) mass is 681 g/mol. The molecule has 1 aromatic rings. The van der Waals surface area contributed by atoms with Gasteiger partial charge in [-0.25, -0.2) is 0 Å². The highest BCUT2D eigenvalue weighted by Crippen LogP contribution is 2.86. The molecule has 1 aromatic carbocycles. The van der Waals surface area contributed by atoms with Gasteiger partial charge in [-0.15, -0.1) is 46.4 Å². The van der Waals surface area contributed by atoms with Crippen molar-refractivity contribution in [3.8, 4) is 0 Å². The average Bonchev–Trinajstić information content (AvgIpc) is 3.08. The lowest BCUT2D eigenvalue weighted by Gasteiger charge is -2.46. The number of rotatable bonds is 0. The maximum Gasteiger partial charge on any atom is 0.174 e. The normalized spacial score (nSPS) is 45.7.